The fourth-order valence-electron chi connectivity index (χ4n) is 2.44. The van der Waals surface area contributed by atoms with Gasteiger partial charge < -0.3 is 10.2 Å². The van der Waals surface area contributed by atoms with Crippen LogP contribution in [0, 0.1) is 5.92 Å². The summed E-state index contributed by atoms with van der Waals surface area (Å²) in [7, 11) is 1.99. The van der Waals surface area contributed by atoms with Crippen LogP contribution in [0.4, 0.5) is 0 Å². The van der Waals surface area contributed by atoms with Crippen LogP contribution in [0.15, 0.2) is 29.2 Å². The minimum Gasteiger partial charge on any atom is -0.342 e. The number of amides is 1. The van der Waals surface area contributed by atoms with Gasteiger partial charge in [0.1, 0.15) is 0 Å². The van der Waals surface area contributed by atoms with Crippen molar-refractivity contribution in [2.75, 3.05) is 32.4 Å². The first-order chi connectivity index (χ1) is 9.69. The van der Waals surface area contributed by atoms with Gasteiger partial charge in [0.25, 0.3) is 0 Å². The second-order valence-electron chi connectivity index (χ2n) is 5.12. The summed E-state index contributed by atoms with van der Waals surface area (Å²) in [6.07, 6.45) is 2.22. The van der Waals surface area contributed by atoms with E-state index in [4.69, 9.17) is 11.6 Å². The van der Waals surface area contributed by atoms with E-state index in [1.807, 2.05) is 36.2 Å². The molecule has 118 valence electrons. The Bertz CT molecular complexity index is 434. The molecule has 1 fully saturated rings. The number of halogens is 2. The summed E-state index contributed by atoms with van der Waals surface area (Å²) in [4.78, 5) is 15.3. The number of nitrogens with one attached hydrogen (secondary N) is 1. The second-order valence-corrected chi connectivity index (χ2v) is 6.61. The molecule has 0 spiro atoms. The van der Waals surface area contributed by atoms with Gasteiger partial charge >= 0.3 is 0 Å². The molecular weight excluding hydrogens is 327 g/mol. The van der Waals surface area contributed by atoms with Gasteiger partial charge in [0.2, 0.25) is 5.91 Å². The molecule has 1 N–H and O–H groups in total. The van der Waals surface area contributed by atoms with E-state index in [1.54, 1.807) is 11.8 Å². The van der Waals surface area contributed by atoms with E-state index < -0.39 is 0 Å². The van der Waals surface area contributed by atoms with Crippen LogP contribution in [-0.2, 0) is 4.79 Å². The van der Waals surface area contributed by atoms with Crippen molar-refractivity contribution in [1.82, 2.24) is 10.2 Å². The Morgan fingerprint density at radius 1 is 1.33 bits per heavy atom. The zero-order chi connectivity index (χ0) is 14.4. The first-order valence-electron chi connectivity index (χ1n) is 7.00. The van der Waals surface area contributed by atoms with Crippen LogP contribution >= 0.6 is 35.8 Å². The number of benzene rings is 1. The van der Waals surface area contributed by atoms with E-state index >= 15 is 0 Å². The van der Waals surface area contributed by atoms with E-state index in [0.29, 0.717) is 11.7 Å². The number of thioether (sulfide) groups is 1. The molecule has 0 atom stereocenters. The van der Waals surface area contributed by atoms with Gasteiger partial charge in [0, 0.05) is 23.0 Å². The summed E-state index contributed by atoms with van der Waals surface area (Å²) >= 11 is 7.43. The molecule has 0 saturated carbocycles. The minimum absolute atomic E-state index is 0. The number of likely N-dealkylation sites (tertiary alicyclic amines) is 1. The highest BCUT2D eigenvalue weighted by Crippen LogP contribution is 2.22. The van der Waals surface area contributed by atoms with Gasteiger partial charge in [-0.15, -0.1) is 24.2 Å². The van der Waals surface area contributed by atoms with Gasteiger partial charge in [0.15, 0.2) is 0 Å². The molecule has 0 bridgehead atoms. The zero-order valence-electron chi connectivity index (χ0n) is 12.2. The quantitative estimate of drug-likeness (QED) is 0.828. The summed E-state index contributed by atoms with van der Waals surface area (Å²) in [5, 5.41) is 3.94. The molecule has 0 radical (unpaired) electrons. The first kappa shape index (κ1) is 18.6. The summed E-state index contributed by atoms with van der Waals surface area (Å²) in [6, 6.07) is 7.63. The normalized spacial score (nSPS) is 15.6. The van der Waals surface area contributed by atoms with Crippen LogP contribution in [0.25, 0.3) is 0 Å². The van der Waals surface area contributed by atoms with Crippen molar-refractivity contribution < 1.29 is 4.79 Å². The Morgan fingerprint density at radius 3 is 2.52 bits per heavy atom. The third-order valence-corrected chi connectivity index (χ3v) is 4.88. The molecule has 1 saturated heterocycles. The Balaban J connectivity index is 0.00000220. The van der Waals surface area contributed by atoms with E-state index in [-0.39, 0.29) is 18.3 Å². The largest absolute Gasteiger partial charge is 0.342 e. The predicted molar refractivity (Wildman–Crippen MR) is 92.7 cm³/mol. The minimum atomic E-state index is 0. The molecule has 2 rings (SSSR count). The second kappa shape index (κ2) is 9.57. The molecule has 1 aliphatic rings. The predicted octanol–water partition coefficient (Wildman–Crippen LogP) is 3.31. The lowest BCUT2D eigenvalue weighted by Crippen LogP contribution is -2.41. The van der Waals surface area contributed by atoms with Crippen LogP contribution in [-0.4, -0.2) is 43.2 Å². The highest BCUT2D eigenvalue weighted by atomic mass is 35.5. The topological polar surface area (TPSA) is 32.3 Å². The van der Waals surface area contributed by atoms with Crippen molar-refractivity contribution >= 4 is 41.7 Å². The highest BCUT2D eigenvalue weighted by Gasteiger charge is 2.22. The van der Waals surface area contributed by atoms with Crippen molar-refractivity contribution in [3.05, 3.63) is 29.3 Å². The third kappa shape index (κ3) is 6.07. The number of piperidine rings is 1. The Kier molecular flexibility index (Phi) is 8.49. The number of carbonyl (C=O) groups excluding carboxylic acids is 1. The summed E-state index contributed by atoms with van der Waals surface area (Å²) in [6.45, 7) is 2.85. The molecule has 0 unspecified atom stereocenters. The fourth-order valence-corrected chi connectivity index (χ4v) is 3.37. The van der Waals surface area contributed by atoms with Crippen LogP contribution in [0.1, 0.15) is 12.8 Å². The van der Waals surface area contributed by atoms with Crippen molar-refractivity contribution in [2.24, 2.45) is 5.92 Å². The molecule has 1 heterocycles. The Morgan fingerprint density at radius 2 is 1.95 bits per heavy atom. The summed E-state index contributed by atoms with van der Waals surface area (Å²) in [5.41, 5.74) is 0. The number of nitrogens with zero attached hydrogens (tertiary/aromatic N) is 1. The van der Waals surface area contributed by atoms with E-state index in [1.165, 1.54) is 0 Å². The standard InChI is InChI=1S/C15H21ClN2OS.ClH/c1-17-10-12-6-8-18(9-7-12)15(19)11-20-14-4-2-13(16)3-5-14;/h2-5,12,17H,6-11H2,1H3;1H. The van der Waals surface area contributed by atoms with Gasteiger partial charge in [-0.2, -0.15) is 0 Å². The van der Waals surface area contributed by atoms with Gasteiger partial charge in [-0.3, -0.25) is 4.79 Å². The first-order valence-corrected chi connectivity index (χ1v) is 8.36. The van der Waals surface area contributed by atoms with Crippen LogP contribution in [0.5, 0.6) is 0 Å². The maximum absolute atomic E-state index is 12.2. The molecule has 1 aromatic rings. The summed E-state index contributed by atoms with van der Waals surface area (Å²) in [5.74, 6) is 1.47. The van der Waals surface area contributed by atoms with Crippen LogP contribution in [0.3, 0.4) is 0 Å². The number of hydrogen-bond acceptors (Lipinski definition) is 3. The number of hydrogen-bond donors (Lipinski definition) is 1. The molecule has 0 aromatic heterocycles. The van der Waals surface area contributed by atoms with Gasteiger partial charge in [-0.05, 0) is 56.6 Å². The zero-order valence-corrected chi connectivity index (χ0v) is 14.6. The fraction of sp³-hybridized carbons (Fsp3) is 0.533. The van der Waals surface area contributed by atoms with Crippen molar-refractivity contribution in [2.45, 2.75) is 17.7 Å². The van der Waals surface area contributed by atoms with Crippen molar-refractivity contribution in [1.29, 1.82) is 0 Å². The molecule has 0 aliphatic carbocycles. The lowest BCUT2D eigenvalue weighted by atomic mass is 9.97. The van der Waals surface area contributed by atoms with Crippen LogP contribution in [0.2, 0.25) is 5.02 Å². The van der Waals surface area contributed by atoms with Gasteiger partial charge in [-0.1, -0.05) is 11.6 Å². The van der Waals surface area contributed by atoms with Crippen molar-refractivity contribution in [3.63, 3.8) is 0 Å². The molecule has 1 amide bonds. The maximum Gasteiger partial charge on any atom is 0.232 e. The molecular formula is C15H22Cl2N2OS. The van der Waals surface area contributed by atoms with E-state index in [2.05, 4.69) is 5.32 Å². The van der Waals surface area contributed by atoms with Crippen LogP contribution < -0.4 is 5.32 Å². The van der Waals surface area contributed by atoms with Crippen molar-refractivity contribution in [3.8, 4) is 0 Å². The lowest BCUT2D eigenvalue weighted by Gasteiger charge is -2.31. The average molecular weight is 349 g/mol. The van der Waals surface area contributed by atoms with E-state index in [0.717, 1.165) is 42.4 Å². The Hall–Kier alpha value is -0.420. The molecule has 1 aromatic carbocycles. The number of carbonyl (C=O) groups is 1. The third-order valence-electron chi connectivity index (χ3n) is 3.64. The van der Waals surface area contributed by atoms with Gasteiger partial charge in [-0.25, -0.2) is 0 Å². The lowest BCUT2D eigenvalue weighted by molar-refractivity contribution is -0.129. The molecule has 21 heavy (non-hydrogen) atoms. The van der Waals surface area contributed by atoms with Gasteiger partial charge in [0.05, 0.1) is 5.75 Å². The van der Waals surface area contributed by atoms with E-state index in [9.17, 15) is 4.79 Å². The molecule has 3 nitrogen and oxygen atoms in total. The molecule has 6 heteroatoms. The Labute approximate surface area is 142 Å². The number of rotatable bonds is 5. The SMILES string of the molecule is CNCC1CCN(C(=O)CSc2ccc(Cl)cc2)CC1.Cl. The highest BCUT2D eigenvalue weighted by molar-refractivity contribution is 8.00. The smallest absolute Gasteiger partial charge is 0.232 e. The average Bonchev–Trinajstić information content (AvgIpc) is 2.47. The molecule has 1 aliphatic heterocycles. The monoisotopic (exact) mass is 348 g/mol. The summed E-state index contributed by atoms with van der Waals surface area (Å²) < 4.78 is 0. The maximum atomic E-state index is 12.2.